The van der Waals surface area contributed by atoms with Crippen LogP contribution in [0.1, 0.15) is 39.5 Å². The molecular formula is C25H31FN2O5S. The van der Waals surface area contributed by atoms with Gasteiger partial charge in [0, 0.05) is 11.7 Å². The molecule has 1 unspecified atom stereocenters. The predicted octanol–water partition coefficient (Wildman–Crippen LogP) is 3.90. The van der Waals surface area contributed by atoms with E-state index in [1.54, 1.807) is 26.0 Å². The van der Waals surface area contributed by atoms with Crippen molar-refractivity contribution in [2.45, 2.75) is 45.6 Å². The Kier molecular flexibility index (Phi) is 8.66. The van der Waals surface area contributed by atoms with Gasteiger partial charge in [0.2, 0.25) is 21.8 Å². The van der Waals surface area contributed by atoms with E-state index in [1.165, 1.54) is 29.2 Å². The van der Waals surface area contributed by atoms with Crippen LogP contribution in [0.5, 0.6) is 5.75 Å². The van der Waals surface area contributed by atoms with Gasteiger partial charge in [-0.25, -0.2) is 12.8 Å². The Balaban J connectivity index is 1.65. The molecule has 3 rings (SSSR count). The highest BCUT2D eigenvalue weighted by Gasteiger charge is 2.38. The van der Waals surface area contributed by atoms with Crippen molar-refractivity contribution in [2.75, 3.05) is 17.3 Å². The van der Waals surface area contributed by atoms with Gasteiger partial charge >= 0.3 is 0 Å². The van der Waals surface area contributed by atoms with Gasteiger partial charge in [0.15, 0.2) is 0 Å². The van der Waals surface area contributed by atoms with Crippen molar-refractivity contribution in [1.29, 1.82) is 0 Å². The summed E-state index contributed by atoms with van der Waals surface area (Å²) in [7, 11) is -3.95. The zero-order valence-corrected chi connectivity index (χ0v) is 20.3. The summed E-state index contributed by atoms with van der Waals surface area (Å²) < 4.78 is 46.1. The van der Waals surface area contributed by atoms with E-state index in [4.69, 9.17) is 4.74 Å². The normalized spacial score (nSPS) is 14.5. The second-order valence-electron chi connectivity index (χ2n) is 8.81. The van der Waals surface area contributed by atoms with Crippen LogP contribution < -0.4 is 14.4 Å². The van der Waals surface area contributed by atoms with Gasteiger partial charge in [0.25, 0.3) is 0 Å². The fourth-order valence-corrected chi connectivity index (χ4v) is 4.74. The fraction of sp³-hybridized carbons (Fsp3) is 0.440. The van der Waals surface area contributed by atoms with Gasteiger partial charge in [-0.3, -0.25) is 14.3 Å². The SMILES string of the molecule is CC(C)N(C(=O)C(CC1CC1)C(=O)NS(=O)(=O)CCCOc1ccccc1)c1ccc(F)cc1. The van der Waals surface area contributed by atoms with Gasteiger partial charge in [-0.15, -0.1) is 0 Å². The summed E-state index contributed by atoms with van der Waals surface area (Å²) in [6.45, 7) is 3.75. The largest absolute Gasteiger partial charge is 0.494 e. The van der Waals surface area contributed by atoms with Gasteiger partial charge in [-0.05, 0) is 69.0 Å². The summed E-state index contributed by atoms with van der Waals surface area (Å²) in [6, 6.07) is 14.2. The highest BCUT2D eigenvalue weighted by Crippen LogP contribution is 2.36. The maximum Gasteiger partial charge on any atom is 0.246 e. The number of nitrogens with zero attached hydrogens (tertiary/aromatic N) is 1. The zero-order valence-electron chi connectivity index (χ0n) is 19.4. The lowest BCUT2D eigenvalue weighted by Crippen LogP contribution is -2.48. The molecule has 0 spiro atoms. The Labute approximate surface area is 200 Å². The summed E-state index contributed by atoms with van der Waals surface area (Å²) >= 11 is 0. The molecule has 9 heteroatoms. The van der Waals surface area contributed by atoms with Crippen LogP contribution in [0.15, 0.2) is 54.6 Å². The summed E-state index contributed by atoms with van der Waals surface area (Å²) in [5.74, 6) is -2.36. The number of hydrogen-bond acceptors (Lipinski definition) is 5. The molecule has 1 N–H and O–H groups in total. The van der Waals surface area contributed by atoms with Crippen molar-refractivity contribution in [3.05, 3.63) is 60.4 Å². The second kappa shape index (κ2) is 11.5. The molecule has 0 aromatic heterocycles. The Hall–Kier alpha value is -2.94. The van der Waals surface area contributed by atoms with E-state index >= 15 is 0 Å². The first kappa shape index (κ1) is 25.7. The highest BCUT2D eigenvalue weighted by molar-refractivity contribution is 7.90. The molecule has 0 saturated heterocycles. The van der Waals surface area contributed by atoms with Gasteiger partial charge < -0.3 is 9.64 Å². The number of hydrogen-bond donors (Lipinski definition) is 1. The smallest absolute Gasteiger partial charge is 0.246 e. The molecule has 1 atom stereocenters. The number of para-hydroxylation sites is 1. The van der Waals surface area contributed by atoms with Crippen LogP contribution in [0.3, 0.4) is 0 Å². The standard InChI is InChI=1S/C25H31FN2O5S/c1-18(2)28(21-13-11-20(26)12-14-21)25(30)23(17-19-9-10-19)24(29)27-34(31,32)16-6-15-33-22-7-4-3-5-8-22/h3-5,7-8,11-14,18-19,23H,6,9-10,15-17H2,1-2H3,(H,27,29). The van der Waals surface area contributed by atoms with Gasteiger partial charge in [-0.2, -0.15) is 0 Å². The maximum absolute atomic E-state index is 13.4. The summed E-state index contributed by atoms with van der Waals surface area (Å²) in [5.41, 5.74) is 0.455. The molecule has 2 aromatic carbocycles. The van der Waals surface area contributed by atoms with Crippen LogP contribution in [0, 0.1) is 17.7 Å². The Morgan fingerprint density at radius 3 is 2.32 bits per heavy atom. The Morgan fingerprint density at radius 1 is 1.09 bits per heavy atom. The minimum atomic E-state index is -3.95. The number of nitrogens with one attached hydrogen (secondary N) is 1. The summed E-state index contributed by atoms with van der Waals surface area (Å²) in [4.78, 5) is 27.9. The molecule has 1 saturated carbocycles. The molecule has 0 bridgehead atoms. The molecular weight excluding hydrogens is 459 g/mol. The third-order valence-electron chi connectivity index (χ3n) is 5.56. The molecule has 184 valence electrons. The minimum absolute atomic E-state index is 0.176. The number of sulfonamides is 1. The lowest BCUT2D eigenvalue weighted by molar-refractivity contribution is -0.133. The van der Waals surface area contributed by atoms with Gasteiger partial charge in [0.05, 0.1) is 12.4 Å². The summed E-state index contributed by atoms with van der Waals surface area (Å²) in [5, 5.41) is 0. The molecule has 0 heterocycles. The topological polar surface area (TPSA) is 92.8 Å². The number of amides is 2. The van der Waals surface area contributed by atoms with Gasteiger partial charge in [-0.1, -0.05) is 31.0 Å². The van der Waals surface area contributed by atoms with E-state index < -0.39 is 33.6 Å². The molecule has 7 nitrogen and oxygen atoms in total. The van der Waals surface area contributed by atoms with Crippen molar-refractivity contribution in [2.24, 2.45) is 11.8 Å². The van der Waals surface area contributed by atoms with Crippen LogP contribution in [-0.2, 0) is 19.6 Å². The van der Waals surface area contributed by atoms with E-state index in [9.17, 15) is 22.4 Å². The first-order chi connectivity index (χ1) is 16.2. The van der Waals surface area contributed by atoms with Crippen LogP contribution >= 0.6 is 0 Å². The number of rotatable bonds is 12. The number of carbonyl (C=O) groups is 2. The molecule has 1 aliphatic carbocycles. The van der Waals surface area contributed by atoms with Crippen LogP contribution in [0.2, 0.25) is 0 Å². The maximum atomic E-state index is 13.4. The van der Waals surface area contributed by atoms with E-state index in [1.807, 2.05) is 18.2 Å². The van der Waals surface area contributed by atoms with Crippen molar-refractivity contribution >= 4 is 27.5 Å². The van der Waals surface area contributed by atoms with Crippen molar-refractivity contribution < 1.29 is 27.1 Å². The van der Waals surface area contributed by atoms with Gasteiger partial charge in [0.1, 0.15) is 17.5 Å². The van der Waals surface area contributed by atoms with E-state index in [0.717, 1.165) is 12.8 Å². The molecule has 0 radical (unpaired) electrons. The third kappa shape index (κ3) is 7.55. The van der Waals surface area contributed by atoms with Crippen LogP contribution in [0.25, 0.3) is 0 Å². The summed E-state index contributed by atoms with van der Waals surface area (Å²) in [6.07, 6.45) is 2.27. The fourth-order valence-electron chi connectivity index (χ4n) is 3.69. The van der Waals surface area contributed by atoms with E-state index in [-0.39, 0.29) is 37.2 Å². The molecule has 1 fully saturated rings. The average molecular weight is 491 g/mol. The number of anilines is 1. The highest BCUT2D eigenvalue weighted by atomic mass is 32.2. The quantitative estimate of drug-likeness (QED) is 0.360. The molecule has 34 heavy (non-hydrogen) atoms. The zero-order chi connectivity index (χ0) is 24.7. The second-order valence-corrected chi connectivity index (χ2v) is 10.7. The molecule has 2 aromatic rings. The average Bonchev–Trinajstić information content (AvgIpc) is 3.61. The lowest BCUT2D eigenvalue weighted by Gasteiger charge is -2.30. The van der Waals surface area contributed by atoms with Crippen LogP contribution in [-0.4, -0.2) is 38.6 Å². The number of benzene rings is 2. The third-order valence-corrected chi connectivity index (χ3v) is 6.90. The molecule has 0 aliphatic heterocycles. The van der Waals surface area contributed by atoms with Crippen molar-refractivity contribution in [3.63, 3.8) is 0 Å². The lowest BCUT2D eigenvalue weighted by atomic mass is 9.98. The monoisotopic (exact) mass is 490 g/mol. The van der Waals surface area contributed by atoms with Crippen molar-refractivity contribution in [3.8, 4) is 5.75 Å². The molecule has 1 aliphatic rings. The van der Waals surface area contributed by atoms with E-state index in [0.29, 0.717) is 11.4 Å². The van der Waals surface area contributed by atoms with Crippen molar-refractivity contribution in [1.82, 2.24) is 4.72 Å². The van der Waals surface area contributed by atoms with Crippen LogP contribution in [0.4, 0.5) is 10.1 Å². The van der Waals surface area contributed by atoms with E-state index in [2.05, 4.69) is 4.72 Å². The predicted molar refractivity (Wildman–Crippen MR) is 128 cm³/mol. The Bertz CT molecular complexity index is 1070. The number of ether oxygens (including phenoxy) is 1. The first-order valence-corrected chi connectivity index (χ1v) is 13.1. The Morgan fingerprint density at radius 2 is 1.74 bits per heavy atom. The molecule has 2 amide bonds. The number of carbonyl (C=O) groups excluding carboxylic acids is 2. The first-order valence-electron chi connectivity index (χ1n) is 11.5. The number of halogens is 1. The minimum Gasteiger partial charge on any atom is -0.494 e.